The molecule has 1 nitrogen and oxygen atoms in total. The highest BCUT2D eigenvalue weighted by molar-refractivity contribution is 7.79. The summed E-state index contributed by atoms with van der Waals surface area (Å²) >= 11 is 0. The summed E-state index contributed by atoms with van der Waals surface area (Å²) in [6.07, 6.45) is 1.25. The zero-order valence-electron chi connectivity index (χ0n) is 6.27. The molecule has 1 unspecified atom stereocenters. The molecule has 0 saturated carbocycles. The van der Waals surface area contributed by atoms with Crippen LogP contribution in [0.25, 0.3) is 0 Å². The molecule has 1 aromatic carbocycles. The minimum absolute atomic E-state index is 0.0319. The summed E-state index contributed by atoms with van der Waals surface area (Å²) < 4.78 is 0. The average molecular weight is 163 g/mol. The van der Waals surface area contributed by atoms with Crippen LogP contribution in [0.1, 0.15) is 0 Å². The van der Waals surface area contributed by atoms with Crippen LogP contribution in [0.2, 0.25) is 0 Å². The summed E-state index contributed by atoms with van der Waals surface area (Å²) in [5.41, 5.74) is 0. The van der Waals surface area contributed by atoms with E-state index in [0.29, 0.717) is 0 Å². The van der Waals surface area contributed by atoms with Gasteiger partial charge >= 0.3 is 0 Å². The second-order valence-corrected chi connectivity index (χ2v) is 4.68. The Balaban J connectivity index is 2.23. The van der Waals surface area contributed by atoms with Crippen molar-refractivity contribution in [3.8, 4) is 0 Å². The first-order valence-electron chi connectivity index (χ1n) is 3.78. The van der Waals surface area contributed by atoms with Crippen LogP contribution < -0.4 is 5.30 Å². The summed E-state index contributed by atoms with van der Waals surface area (Å²) in [4.78, 5) is 4.24. The van der Waals surface area contributed by atoms with Gasteiger partial charge in [-0.05, 0) is 19.4 Å². The van der Waals surface area contributed by atoms with Crippen molar-refractivity contribution in [3.05, 3.63) is 30.3 Å². The van der Waals surface area contributed by atoms with Crippen molar-refractivity contribution in [2.45, 2.75) is 0 Å². The predicted octanol–water partition coefficient (Wildman–Crippen LogP) is 1.84. The first kappa shape index (κ1) is 7.00. The Bertz CT molecular complexity index is 256. The van der Waals surface area contributed by atoms with Crippen LogP contribution in [0, 0.1) is 0 Å². The summed E-state index contributed by atoms with van der Waals surface area (Å²) in [6, 6.07) is 10.7. The van der Waals surface area contributed by atoms with Crippen molar-refractivity contribution in [2.75, 3.05) is 12.7 Å². The number of hydrogen-bond donors (Lipinski definition) is 0. The highest BCUT2D eigenvalue weighted by atomic mass is 31.1. The monoisotopic (exact) mass is 163 g/mol. The molecular weight excluding hydrogens is 153 g/mol. The highest BCUT2D eigenvalue weighted by Crippen LogP contribution is 2.33. The molecule has 0 spiro atoms. The van der Waals surface area contributed by atoms with Crippen LogP contribution in [0.3, 0.4) is 0 Å². The molecule has 0 saturated heterocycles. The van der Waals surface area contributed by atoms with Crippen molar-refractivity contribution in [3.63, 3.8) is 0 Å². The zero-order valence-corrected chi connectivity index (χ0v) is 7.17. The van der Waals surface area contributed by atoms with Gasteiger partial charge in [0.05, 0.1) is 0 Å². The van der Waals surface area contributed by atoms with E-state index in [1.165, 1.54) is 11.5 Å². The summed E-state index contributed by atoms with van der Waals surface area (Å²) in [7, 11) is -0.0319. The van der Waals surface area contributed by atoms with Crippen LogP contribution in [0.5, 0.6) is 0 Å². The molecule has 0 bridgehead atoms. The zero-order chi connectivity index (χ0) is 7.52. The van der Waals surface area contributed by atoms with Crippen molar-refractivity contribution >= 4 is 19.2 Å². The Kier molecular flexibility index (Phi) is 2.00. The minimum Gasteiger partial charge on any atom is -0.292 e. The molecule has 0 aromatic heterocycles. The van der Waals surface area contributed by atoms with Gasteiger partial charge in [0.15, 0.2) is 0 Å². The first-order valence-corrected chi connectivity index (χ1v) is 5.38. The van der Waals surface area contributed by atoms with E-state index in [1.807, 2.05) is 0 Å². The van der Waals surface area contributed by atoms with E-state index in [-0.39, 0.29) is 7.92 Å². The molecule has 56 valence electrons. The normalized spacial score (nSPS) is 22.4. The lowest BCUT2D eigenvalue weighted by Crippen LogP contribution is -2.00. The second-order valence-electron chi connectivity index (χ2n) is 2.55. The molecule has 1 aliphatic rings. The van der Waals surface area contributed by atoms with E-state index in [2.05, 4.69) is 41.3 Å². The molecule has 1 heterocycles. The lowest BCUT2D eigenvalue weighted by Gasteiger charge is -2.04. The van der Waals surface area contributed by atoms with Gasteiger partial charge in [-0.1, -0.05) is 30.3 Å². The topological polar surface area (TPSA) is 12.4 Å². The van der Waals surface area contributed by atoms with Crippen molar-refractivity contribution in [1.82, 2.24) is 0 Å². The number of benzene rings is 1. The maximum Gasteiger partial charge on any atom is 0.0435 e. The van der Waals surface area contributed by atoms with Crippen molar-refractivity contribution in [1.29, 1.82) is 0 Å². The highest BCUT2D eigenvalue weighted by Gasteiger charge is 2.10. The lowest BCUT2D eigenvalue weighted by molar-refractivity contribution is 1.18. The van der Waals surface area contributed by atoms with Crippen LogP contribution >= 0.6 is 7.92 Å². The summed E-state index contributed by atoms with van der Waals surface area (Å²) in [6.45, 7) is 1.03. The Morgan fingerprint density at radius 3 is 2.64 bits per heavy atom. The molecule has 2 heteroatoms. The average Bonchev–Trinajstić information content (AvgIpc) is 2.58. The van der Waals surface area contributed by atoms with Crippen molar-refractivity contribution in [2.24, 2.45) is 4.99 Å². The quantitative estimate of drug-likeness (QED) is 0.560. The fourth-order valence-corrected chi connectivity index (χ4v) is 2.90. The van der Waals surface area contributed by atoms with E-state index in [4.69, 9.17) is 0 Å². The minimum atomic E-state index is -0.0319. The maximum absolute atomic E-state index is 4.24. The number of rotatable bonds is 1. The number of aliphatic imine (C=N–C) groups is 1. The molecule has 0 radical (unpaired) electrons. The molecule has 0 N–H and O–H groups in total. The van der Waals surface area contributed by atoms with Gasteiger partial charge < -0.3 is 0 Å². The van der Waals surface area contributed by atoms with Gasteiger partial charge in [0.2, 0.25) is 0 Å². The van der Waals surface area contributed by atoms with E-state index >= 15 is 0 Å². The molecule has 0 aliphatic carbocycles. The second kappa shape index (κ2) is 3.15. The Morgan fingerprint density at radius 1 is 1.18 bits per heavy atom. The van der Waals surface area contributed by atoms with Gasteiger partial charge in [-0.3, -0.25) is 4.99 Å². The molecule has 2 rings (SSSR count). The van der Waals surface area contributed by atoms with E-state index in [9.17, 15) is 0 Å². The van der Waals surface area contributed by atoms with Crippen LogP contribution in [0.15, 0.2) is 35.3 Å². The smallest absolute Gasteiger partial charge is 0.0435 e. The van der Waals surface area contributed by atoms with Crippen LogP contribution in [0.4, 0.5) is 0 Å². The van der Waals surface area contributed by atoms with E-state index in [0.717, 1.165) is 6.54 Å². The largest absolute Gasteiger partial charge is 0.292 e. The molecule has 1 atom stereocenters. The Morgan fingerprint density at radius 2 is 2.00 bits per heavy atom. The Labute approximate surface area is 67.9 Å². The summed E-state index contributed by atoms with van der Waals surface area (Å²) in [5, 5.41) is 1.46. The molecule has 1 aromatic rings. The third-order valence-electron chi connectivity index (χ3n) is 1.78. The van der Waals surface area contributed by atoms with Gasteiger partial charge in [-0.25, -0.2) is 0 Å². The molecule has 11 heavy (non-hydrogen) atoms. The molecule has 0 amide bonds. The predicted molar refractivity (Wildman–Crippen MR) is 51.2 cm³/mol. The fourth-order valence-electron chi connectivity index (χ4n) is 1.19. The molecular formula is C9H10NP. The Hall–Kier alpha value is -0.680. The third kappa shape index (κ3) is 1.49. The van der Waals surface area contributed by atoms with E-state index < -0.39 is 0 Å². The summed E-state index contributed by atoms with van der Waals surface area (Å²) in [5.74, 6) is 2.13. The number of hydrogen-bond acceptors (Lipinski definition) is 1. The fraction of sp³-hybridized carbons (Fsp3) is 0.222. The number of nitrogens with zero attached hydrogens (tertiary/aromatic N) is 1. The standard InChI is InChI=1S/C9H10NP/c1-2-4-9(5-3-1)11-7-6-10-8-11/h1-5,8H,6-7H2. The molecule has 0 fully saturated rings. The van der Waals surface area contributed by atoms with Gasteiger partial charge in [0, 0.05) is 12.5 Å². The first-order chi connectivity index (χ1) is 5.47. The van der Waals surface area contributed by atoms with Crippen molar-refractivity contribution < 1.29 is 0 Å². The lowest BCUT2D eigenvalue weighted by atomic mass is 10.4. The SMILES string of the molecule is C1=NCCP1c1ccccc1. The van der Waals surface area contributed by atoms with Gasteiger partial charge in [-0.15, -0.1) is 0 Å². The van der Waals surface area contributed by atoms with Crippen LogP contribution in [-0.2, 0) is 0 Å². The van der Waals surface area contributed by atoms with E-state index in [1.54, 1.807) is 0 Å². The maximum atomic E-state index is 4.24. The molecule has 1 aliphatic heterocycles. The van der Waals surface area contributed by atoms with Gasteiger partial charge in [0.1, 0.15) is 0 Å². The van der Waals surface area contributed by atoms with Crippen LogP contribution in [-0.4, -0.2) is 18.7 Å². The third-order valence-corrected chi connectivity index (χ3v) is 3.86. The van der Waals surface area contributed by atoms with Gasteiger partial charge in [-0.2, -0.15) is 0 Å². The van der Waals surface area contributed by atoms with Gasteiger partial charge in [0.25, 0.3) is 0 Å².